The lowest BCUT2D eigenvalue weighted by Gasteiger charge is -2.32. The fourth-order valence-electron chi connectivity index (χ4n) is 3.65. The molecule has 7 heteroatoms. The van der Waals surface area contributed by atoms with Crippen LogP contribution in [-0.2, 0) is 18.4 Å². The summed E-state index contributed by atoms with van der Waals surface area (Å²) < 4.78 is 3.41. The van der Waals surface area contributed by atoms with Crippen LogP contribution in [0, 0.1) is 0 Å². The zero-order chi connectivity index (χ0) is 18.1. The maximum atomic E-state index is 12.8. The van der Waals surface area contributed by atoms with Gasteiger partial charge in [0.15, 0.2) is 0 Å². The summed E-state index contributed by atoms with van der Waals surface area (Å²) in [4.78, 5) is 35.9. The van der Waals surface area contributed by atoms with E-state index in [1.807, 2.05) is 28.8 Å². The van der Waals surface area contributed by atoms with Crippen molar-refractivity contribution in [2.45, 2.75) is 25.3 Å². The van der Waals surface area contributed by atoms with Crippen LogP contribution in [0.25, 0.3) is 10.9 Å². The third-order valence-corrected chi connectivity index (χ3v) is 5.03. The topological polar surface area (TPSA) is 73.0 Å². The van der Waals surface area contributed by atoms with Gasteiger partial charge in [0.2, 0.25) is 5.91 Å². The number of amides is 1. The molecule has 1 fully saturated rings. The Hall–Kier alpha value is -2.96. The van der Waals surface area contributed by atoms with Gasteiger partial charge in [0.25, 0.3) is 5.56 Å². The summed E-state index contributed by atoms with van der Waals surface area (Å²) in [6.07, 6.45) is 7.13. The van der Waals surface area contributed by atoms with Gasteiger partial charge in [0.1, 0.15) is 12.4 Å². The Labute approximate surface area is 150 Å². The molecule has 0 unspecified atom stereocenters. The molecular formula is C19H21N5O2. The van der Waals surface area contributed by atoms with Crippen molar-refractivity contribution in [1.29, 1.82) is 0 Å². The molecule has 4 rings (SSSR count). The lowest BCUT2D eigenvalue weighted by Crippen LogP contribution is -2.42. The molecule has 2 aromatic heterocycles. The number of nitrogens with zero attached hydrogens (tertiary/aromatic N) is 5. The van der Waals surface area contributed by atoms with Crippen LogP contribution in [0.3, 0.4) is 0 Å². The fourth-order valence-corrected chi connectivity index (χ4v) is 3.65. The first kappa shape index (κ1) is 16.5. The van der Waals surface area contributed by atoms with Crippen LogP contribution in [-0.4, -0.2) is 43.0 Å². The van der Waals surface area contributed by atoms with E-state index in [-0.39, 0.29) is 23.9 Å². The lowest BCUT2D eigenvalue weighted by molar-refractivity contribution is -0.133. The quantitative estimate of drug-likeness (QED) is 0.717. The number of benzene rings is 1. The molecule has 0 N–H and O–H groups in total. The highest BCUT2D eigenvalue weighted by Gasteiger charge is 2.27. The molecule has 1 aromatic carbocycles. The van der Waals surface area contributed by atoms with Gasteiger partial charge in [0.05, 0.1) is 17.2 Å². The predicted octanol–water partition coefficient (Wildman–Crippen LogP) is 1.54. The van der Waals surface area contributed by atoms with Crippen LogP contribution in [0.4, 0.5) is 0 Å². The number of fused-ring (bicyclic) bond motifs is 1. The summed E-state index contributed by atoms with van der Waals surface area (Å²) in [5.74, 6) is 1.19. The number of piperidine rings is 1. The maximum Gasteiger partial charge on any atom is 0.261 e. The van der Waals surface area contributed by atoms with Gasteiger partial charge in [-0.15, -0.1) is 0 Å². The number of carbonyl (C=O) groups is 1. The minimum atomic E-state index is -0.179. The molecule has 1 aliphatic rings. The summed E-state index contributed by atoms with van der Waals surface area (Å²) in [6, 6.07) is 7.18. The van der Waals surface area contributed by atoms with E-state index in [9.17, 15) is 9.59 Å². The van der Waals surface area contributed by atoms with Crippen molar-refractivity contribution in [3.05, 3.63) is 59.2 Å². The van der Waals surface area contributed by atoms with Gasteiger partial charge in [-0.2, -0.15) is 0 Å². The van der Waals surface area contributed by atoms with Gasteiger partial charge in [-0.25, -0.2) is 9.97 Å². The number of hydrogen-bond acceptors (Lipinski definition) is 4. The Balaban J connectivity index is 1.52. The normalized spacial score (nSPS) is 17.6. The minimum absolute atomic E-state index is 0.0178. The Morgan fingerprint density at radius 2 is 2.12 bits per heavy atom. The van der Waals surface area contributed by atoms with E-state index in [0.29, 0.717) is 17.4 Å². The number of para-hydroxylation sites is 1. The van der Waals surface area contributed by atoms with Crippen LogP contribution < -0.4 is 5.56 Å². The molecule has 1 amide bonds. The second-order valence-electron chi connectivity index (χ2n) is 6.77. The Morgan fingerprint density at radius 1 is 1.27 bits per heavy atom. The largest absolute Gasteiger partial charge is 0.340 e. The van der Waals surface area contributed by atoms with Gasteiger partial charge in [0, 0.05) is 38.4 Å². The van der Waals surface area contributed by atoms with E-state index < -0.39 is 0 Å². The van der Waals surface area contributed by atoms with Crippen LogP contribution in [0.1, 0.15) is 24.6 Å². The van der Waals surface area contributed by atoms with Crippen molar-refractivity contribution < 1.29 is 4.79 Å². The van der Waals surface area contributed by atoms with Crippen molar-refractivity contribution in [2.75, 3.05) is 13.1 Å². The third-order valence-electron chi connectivity index (χ3n) is 5.03. The molecule has 134 valence electrons. The van der Waals surface area contributed by atoms with Crippen LogP contribution in [0.15, 0.2) is 47.8 Å². The summed E-state index contributed by atoms with van der Waals surface area (Å²) in [5.41, 5.74) is 0.468. The smallest absolute Gasteiger partial charge is 0.261 e. The van der Waals surface area contributed by atoms with E-state index in [2.05, 4.69) is 9.97 Å². The highest BCUT2D eigenvalue weighted by Crippen LogP contribution is 2.25. The van der Waals surface area contributed by atoms with Crippen molar-refractivity contribution >= 4 is 16.8 Å². The minimum Gasteiger partial charge on any atom is -0.340 e. The van der Waals surface area contributed by atoms with E-state index in [1.54, 1.807) is 24.4 Å². The van der Waals surface area contributed by atoms with Gasteiger partial charge in [-0.1, -0.05) is 12.1 Å². The number of aromatic nitrogens is 4. The molecule has 0 bridgehead atoms. The summed E-state index contributed by atoms with van der Waals surface area (Å²) in [5, 5.41) is 0.535. The molecule has 0 aliphatic carbocycles. The Bertz CT molecular complexity index is 1010. The molecule has 1 saturated heterocycles. The van der Waals surface area contributed by atoms with Crippen LogP contribution in [0.2, 0.25) is 0 Å². The molecular weight excluding hydrogens is 330 g/mol. The number of aryl methyl sites for hydroxylation is 1. The first-order valence-electron chi connectivity index (χ1n) is 8.82. The zero-order valence-corrected chi connectivity index (χ0v) is 14.7. The summed E-state index contributed by atoms with van der Waals surface area (Å²) >= 11 is 0. The van der Waals surface area contributed by atoms with E-state index in [4.69, 9.17) is 0 Å². The molecule has 0 spiro atoms. The van der Waals surface area contributed by atoms with Crippen molar-refractivity contribution in [3.8, 4) is 0 Å². The van der Waals surface area contributed by atoms with Crippen molar-refractivity contribution in [2.24, 2.45) is 7.05 Å². The van der Waals surface area contributed by atoms with E-state index >= 15 is 0 Å². The Morgan fingerprint density at radius 3 is 2.92 bits per heavy atom. The number of likely N-dealkylation sites (tertiary alicyclic amines) is 1. The predicted molar refractivity (Wildman–Crippen MR) is 97.8 cm³/mol. The van der Waals surface area contributed by atoms with Gasteiger partial charge in [-0.05, 0) is 25.0 Å². The SMILES string of the molecule is Cn1ccnc1[C@@H]1CCCN(C(=O)Cn2cnc3ccccc3c2=O)C1. The molecule has 0 saturated carbocycles. The molecule has 0 radical (unpaired) electrons. The monoisotopic (exact) mass is 351 g/mol. The average Bonchev–Trinajstić information content (AvgIpc) is 3.10. The second-order valence-corrected chi connectivity index (χ2v) is 6.77. The highest BCUT2D eigenvalue weighted by atomic mass is 16.2. The number of carbonyl (C=O) groups excluding carboxylic acids is 1. The standard InChI is InChI=1S/C19H21N5O2/c1-22-10-8-20-18(22)14-5-4-9-23(11-14)17(25)12-24-13-21-16-7-3-2-6-15(16)19(24)26/h2-3,6-8,10,13-14H,4-5,9,11-12H2,1H3/t14-/m1/s1. The Kier molecular flexibility index (Phi) is 4.28. The van der Waals surface area contributed by atoms with Crippen LogP contribution >= 0.6 is 0 Å². The summed E-state index contributed by atoms with van der Waals surface area (Å²) in [7, 11) is 1.98. The molecule has 3 aromatic rings. The zero-order valence-electron chi connectivity index (χ0n) is 14.7. The van der Waals surface area contributed by atoms with Crippen molar-refractivity contribution in [1.82, 2.24) is 24.0 Å². The lowest BCUT2D eigenvalue weighted by atomic mass is 9.97. The molecule has 26 heavy (non-hydrogen) atoms. The van der Waals surface area contributed by atoms with Gasteiger partial charge >= 0.3 is 0 Å². The van der Waals surface area contributed by atoms with E-state index in [1.165, 1.54) is 10.9 Å². The van der Waals surface area contributed by atoms with Crippen molar-refractivity contribution in [3.63, 3.8) is 0 Å². The highest BCUT2D eigenvalue weighted by molar-refractivity contribution is 5.79. The fraction of sp³-hybridized carbons (Fsp3) is 0.368. The molecule has 7 nitrogen and oxygen atoms in total. The maximum absolute atomic E-state index is 12.8. The van der Waals surface area contributed by atoms with Gasteiger partial charge < -0.3 is 9.47 Å². The summed E-state index contributed by atoms with van der Waals surface area (Å²) in [6.45, 7) is 1.37. The van der Waals surface area contributed by atoms with Gasteiger partial charge in [-0.3, -0.25) is 14.2 Å². The molecule has 1 aliphatic heterocycles. The third kappa shape index (κ3) is 3.00. The van der Waals surface area contributed by atoms with Crippen LogP contribution in [0.5, 0.6) is 0 Å². The number of hydrogen-bond donors (Lipinski definition) is 0. The van der Waals surface area contributed by atoms with E-state index in [0.717, 1.165) is 25.2 Å². The first-order valence-corrected chi connectivity index (χ1v) is 8.82. The molecule has 1 atom stereocenters. The number of rotatable bonds is 3. The second kappa shape index (κ2) is 6.74. The number of imidazole rings is 1. The molecule has 3 heterocycles. The first-order chi connectivity index (χ1) is 12.6. The average molecular weight is 351 g/mol.